The van der Waals surface area contributed by atoms with Gasteiger partial charge in [-0.2, -0.15) is 5.26 Å². The lowest BCUT2D eigenvalue weighted by atomic mass is 10.2. The monoisotopic (exact) mass is 191 g/mol. The minimum absolute atomic E-state index is 0.0499. The quantitative estimate of drug-likeness (QED) is 0.314. The van der Waals surface area contributed by atoms with Crippen LogP contribution in [0.3, 0.4) is 0 Å². The molecule has 1 aromatic rings. The number of rotatable bonds is 3. The van der Waals surface area contributed by atoms with Gasteiger partial charge in [0, 0.05) is 19.2 Å². The topological polar surface area (TPSA) is 70.2 Å². The molecule has 0 saturated carbocycles. The van der Waals surface area contributed by atoms with E-state index in [0.717, 1.165) is 5.56 Å². The summed E-state index contributed by atoms with van der Waals surface area (Å²) in [4.78, 5) is 11.4. The molecule has 5 nitrogen and oxygen atoms in total. The van der Waals surface area contributed by atoms with Crippen molar-refractivity contribution in [3.8, 4) is 6.19 Å². The highest BCUT2D eigenvalue weighted by molar-refractivity contribution is 5.34. The molecule has 0 saturated heterocycles. The number of hydrogen-bond donors (Lipinski definition) is 0. The molecular weight excluding hydrogens is 182 g/mol. The molecule has 0 aliphatic rings. The Morgan fingerprint density at radius 2 is 2.36 bits per heavy atom. The van der Waals surface area contributed by atoms with E-state index in [2.05, 4.69) is 0 Å². The van der Waals surface area contributed by atoms with Crippen molar-refractivity contribution in [1.82, 2.24) is 4.90 Å². The molecule has 14 heavy (non-hydrogen) atoms. The molecule has 0 fully saturated rings. The maximum absolute atomic E-state index is 10.4. The van der Waals surface area contributed by atoms with Crippen LogP contribution >= 0.6 is 0 Å². The molecule has 1 rings (SSSR count). The van der Waals surface area contributed by atoms with Crippen molar-refractivity contribution in [3.05, 3.63) is 39.9 Å². The van der Waals surface area contributed by atoms with Crippen molar-refractivity contribution in [3.63, 3.8) is 0 Å². The van der Waals surface area contributed by atoms with E-state index in [1.807, 2.05) is 6.19 Å². The van der Waals surface area contributed by atoms with E-state index in [9.17, 15) is 10.1 Å². The lowest BCUT2D eigenvalue weighted by Gasteiger charge is -2.07. The van der Waals surface area contributed by atoms with Gasteiger partial charge >= 0.3 is 0 Å². The van der Waals surface area contributed by atoms with Gasteiger partial charge in [-0.3, -0.25) is 10.1 Å². The highest BCUT2D eigenvalue weighted by atomic mass is 16.6. The molecule has 0 atom stereocenters. The molecule has 5 heteroatoms. The van der Waals surface area contributed by atoms with E-state index < -0.39 is 4.92 Å². The maximum Gasteiger partial charge on any atom is 0.269 e. The van der Waals surface area contributed by atoms with Gasteiger partial charge in [0.15, 0.2) is 6.19 Å². The number of non-ortho nitro benzene ring substituents is 1. The summed E-state index contributed by atoms with van der Waals surface area (Å²) < 4.78 is 0. The zero-order valence-corrected chi connectivity index (χ0v) is 7.67. The molecule has 0 aromatic heterocycles. The number of benzene rings is 1. The lowest BCUT2D eigenvalue weighted by molar-refractivity contribution is -0.384. The Morgan fingerprint density at radius 1 is 1.64 bits per heavy atom. The molecular formula is C9H9N3O2. The van der Waals surface area contributed by atoms with Crippen LogP contribution in [0.5, 0.6) is 0 Å². The number of nitrogens with zero attached hydrogens (tertiary/aromatic N) is 3. The Balaban J connectivity index is 2.85. The van der Waals surface area contributed by atoms with Gasteiger partial charge in [-0.25, -0.2) is 0 Å². The van der Waals surface area contributed by atoms with E-state index >= 15 is 0 Å². The highest BCUT2D eigenvalue weighted by Crippen LogP contribution is 2.13. The number of nitro benzene ring substituents is 1. The average Bonchev–Trinajstić information content (AvgIpc) is 2.18. The van der Waals surface area contributed by atoms with Gasteiger partial charge in [-0.15, -0.1) is 0 Å². The van der Waals surface area contributed by atoms with Gasteiger partial charge in [0.05, 0.1) is 11.5 Å². The smallest absolute Gasteiger partial charge is 0.269 e. The van der Waals surface area contributed by atoms with Gasteiger partial charge in [0.2, 0.25) is 0 Å². The average molecular weight is 191 g/mol. The van der Waals surface area contributed by atoms with Crippen molar-refractivity contribution in [1.29, 1.82) is 5.26 Å². The van der Waals surface area contributed by atoms with E-state index in [0.29, 0.717) is 6.54 Å². The van der Waals surface area contributed by atoms with E-state index in [-0.39, 0.29) is 5.69 Å². The zero-order chi connectivity index (χ0) is 10.6. The summed E-state index contributed by atoms with van der Waals surface area (Å²) in [7, 11) is 1.62. The zero-order valence-electron chi connectivity index (χ0n) is 7.67. The Labute approximate surface area is 81.3 Å². The van der Waals surface area contributed by atoms with E-state index in [4.69, 9.17) is 5.26 Å². The number of nitriles is 1. The van der Waals surface area contributed by atoms with Crippen LogP contribution in [0.25, 0.3) is 0 Å². The van der Waals surface area contributed by atoms with Gasteiger partial charge in [-0.1, -0.05) is 12.1 Å². The second-order valence-corrected chi connectivity index (χ2v) is 2.88. The van der Waals surface area contributed by atoms with Crippen LogP contribution in [0.1, 0.15) is 5.56 Å². The second-order valence-electron chi connectivity index (χ2n) is 2.88. The first-order chi connectivity index (χ1) is 6.63. The predicted molar refractivity (Wildman–Crippen MR) is 50.2 cm³/mol. The van der Waals surface area contributed by atoms with E-state index in [1.54, 1.807) is 19.2 Å². The van der Waals surface area contributed by atoms with Crippen molar-refractivity contribution in [2.45, 2.75) is 6.54 Å². The van der Waals surface area contributed by atoms with Crippen LogP contribution in [0.15, 0.2) is 24.3 Å². The van der Waals surface area contributed by atoms with Crippen molar-refractivity contribution in [2.24, 2.45) is 0 Å². The Morgan fingerprint density at radius 3 is 2.93 bits per heavy atom. The minimum atomic E-state index is -0.449. The van der Waals surface area contributed by atoms with Crippen molar-refractivity contribution in [2.75, 3.05) is 7.05 Å². The highest BCUT2D eigenvalue weighted by Gasteiger charge is 2.06. The van der Waals surface area contributed by atoms with Gasteiger partial charge in [0.1, 0.15) is 0 Å². The molecule has 0 heterocycles. The molecule has 0 bridgehead atoms. The molecule has 72 valence electrons. The summed E-state index contributed by atoms with van der Waals surface area (Å²) in [5, 5.41) is 19.0. The Bertz CT molecular complexity index is 384. The fourth-order valence-electron chi connectivity index (χ4n) is 1.08. The van der Waals surface area contributed by atoms with Crippen LogP contribution in [0.2, 0.25) is 0 Å². The van der Waals surface area contributed by atoms with Gasteiger partial charge in [0.25, 0.3) is 5.69 Å². The third-order valence-corrected chi connectivity index (χ3v) is 1.71. The fraction of sp³-hybridized carbons (Fsp3) is 0.222. The summed E-state index contributed by atoms with van der Waals surface area (Å²) in [6.07, 6.45) is 1.93. The van der Waals surface area contributed by atoms with Crippen molar-refractivity contribution < 1.29 is 4.92 Å². The molecule has 1 aromatic carbocycles. The molecule has 0 amide bonds. The van der Waals surface area contributed by atoms with Gasteiger partial charge < -0.3 is 4.90 Å². The molecule has 0 aliphatic heterocycles. The molecule has 0 unspecified atom stereocenters. The minimum Gasteiger partial charge on any atom is -0.309 e. The molecule has 0 N–H and O–H groups in total. The van der Waals surface area contributed by atoms with Gasteiger partial charge in [-0.05, 0) is 5.56 Å². The van der Waals surface area contributed by atoms with Crippen LogP contribution in [0.4, 0.5) is 5.69 Å². The van der Waals surface area contributed by atoms with E-state index in [1.165, 1.54) is 17.0 Å². The first-order valence-electron chi connectivity index (χ1n) is 3.97. The maximum atomic E-state index is 10.4. The van der Waals surface area contributed by atoms with Crippen LogP contribution in [-0.4, -0.2) is 16.9 Å². The summed E-state index contributed by atoms with van der Waals surface area (Å²) in [6.45, 7) is 0.387. The predicted octanol–water partition coefficient (Wildman–Crippen LogP) is 1.51. The first-order valence-corrected chi connectivity index (χ1v) is 3.97. The molecule has 0 radical (unpaired) electrons. The number of nitro groups is 1. The normalized spacial score (nSPS) is 9.14. The second kappa shape index (κ2) is 4.23. The largest absolute Gasteiger partial charge is 0.309 e. The molecule has 0 aliphatic carbocycles. The molecule has 0 spiro atoms. The fourth-order valence-corrected chi connectivity index (χ4v) is 1.08. The third-order valence-electron chi connectivity index (χ3n) is 1.71. The van der Waals surface area contributed by atoms with Crippen LogP contribution in [-0.2, 0) is 6.54 Å². The summed E-state index contributed by atoms with van der Waals surface area (Å²) >= 11 is 0. The Hall–Kier alpha value is -2.09. The SMILES string of the molecule is CN(C#N)Cc1cccc([N+](=O)[O-])c1. The summed E-state index contributed by atoms with van der Waals surface area (Å²) in [5.41, 5.74) is 0.803. The standard InChI is InChI=1S/C9H9N3O2/c1-11(7-10)6-8-3-2-4-9(5-8)12(13)14/h2-5H,6H2,1H3. The summed E-state index contributed by atoms with van der Waals surface area (Å²) in [5.74, 6) is 0. The van der Waals surface area contributed by atoms with Crippen LogP contribution in [0, 0.1) is 21.6 Å². The lowest BCUT2D eigenvalue weighted by Crippen LogP contribution is -2.10. The summed E-state index contributed by atoms with van der Waals surface area (Å²) in [6, 6.07) is 6.25. The third kappa shape index (κ3) is 2.45. The van der Waals surface area contributed by atoms with Crippen molar-refractivity contribution >= 4 is 5.69 Å². The first kappa shape index (κ1) is 9.99. The Kier molecular flexibility index (Phi) is 3.02. The number of hydrogen-bond acceptors (Lipinski definition) is 4. The van der Waals surface area contributed by atoms with Crippen LogP contribution < -0.4 is 0 Å².